The van der Waals surface area contributed by atoms with Crippen LogP contribution < -0.4 is 9.47 Å². The lowest BCUT2D eigenvalue weighted by molar-refractivity contribution is -0.121. The Morgan fingerprint density at radius 3 is 2.54 bits per heavy atom. The minimum Gasteiger partial charge on any atom is -0.490 e. The number of likely N-dealkylation sites (N-methyl/N-ethyl adjacent to an activating group) is 1. The summed E-state index contributed by atoms with van der Waals surface area (Å²) in [6.45, 7) is 2.62. The van der Waals surface area contributed by atoms with E-state index in [9.17, 15) is 9.59 Å². The molecule has 1 saturated heterocycles. The van der Waals surface area contributed by atoms with Crippen molar-refractivity contribution in [1.29, 1.82) is 0 Å². The molecule has 1 aliphatic heterocycles. The molecule has 0 unspecified atom stereocenters. The lowest BCUT2D eigenvalue weighted by Gasteiger charge is -2.14. The fourth-order valence-electron chi connectivity index (χ4n) is 2.50. The molecule has 5 nitrogen and oxygen atoms in total. The number of carbonyl (C=O) groups is 2. The molecule has 0 aromatic heterocycles. The first kappa shape index (κ1) is 20.8. The Hall–Kier alpha value is -1.96. The van der Waals surface area contributed by atoms with Gasteiger partial charge in [-0.05, 0) is 48.5 Å². The quantitative estimate of drug-likeness (QED) is 0.491. The van der Waals surface area contributed by atoms with Gasteiger partial charge in [-0.3, -0.25) is 14.5 Å². The number of hydrogen-bond donors (Lipinski definition) is 0. The van der Waals surface area contributed by atoms with Crippen LogP contribution in [0.3, 0.4) is 0 Å². The average molecular weight is 483 g/mol. The smallest absolute Gasteiger partial charge is 0.293 e. The minimum atomic E-state index is -0.320. The summed E-state index contributed by atoms with van der Waals surface area (Å²) in [6.07, 6.45) is 1.67. The second-order valence-electron chi connectivity index (χ2n) is 5.87. The molecule has 1 heterocycles. The Kier molecular flexibility index (Phi) is 6.69. The number of carbonyl (C=O) groups excluding carboxylic acids is 2. The number of ether oxygens (including phenoxy) is 2. The summed E-state index contributed by atoms with van der Waals surface area (Å²) < 4.78 is 12.3. The molecule has 2 aromatic rings. The van der Waals surface area contributed by atoms with Crippen LogP contribution in [-0.2, 0) is 11.4 Å². The van der Waals surface area contributed by atoms with Gasteiger partial charge in [0.2, 0.25) is 0 Å². The van der Waals surface area contributed by atoms with Crippen LogP contribution >= 0.6 is 39.3 Å². The van der Waals surface area contributed by atoms with Gasteiger partial charge in [-0.2, -0.15) is 0 Å². The average Bonchev–Trinajstić information content (AvgIpc) is 2.91. The number of nitrogens with zero attached hydrogens (tertiary/aromatic N) is 1. The van der Waals surface area contributed by atoms with Crippen molar-refractivity contribution >= 4 is 56.5 Å². The second-order valence-corrected chi connectivity index (χ2v) is 8.13. The lowest BCUT2D eigenvalue weighted by Crippen LogP contribution is -2.22. The molecule has 2 aromatic carbocycles. The van der Waals surface area contributed by atoms with Crippen LogP contribution in [0, 0.1) is 0 Å². The molecule has 1 fully saturated rings. The zero-order valence-electron chi connectivity index (χ0n) is 15.2. The van der Waals surface area contributed by atoms with E-state index in [-0.39, 0.29) is 11.1 Å². The molecule has 0 spiro atoms. The van der Waals surface area contributed by atoms with E-state index in [1.807, 2.05) is 31.2 Å². The Balaban J connectivity index is 1.89. The maximum Gasteiger partial charge on any atom is 0.293 e. The van der Waals surface area contributed by atoms with Crippen LogP contribution in [0.15, 0.2) is 45.8 Å². The third kappa shape index (κ3) is 4.54. The molecule has 0 aliphatic carbocycles. The highest BCUT2D eigenvalue weighted by Gasteiger charge is 2.32. The number of rotatable bonds is 6. The first-order chi connectivity index (χ1) is 13.4. The van der Waals surface area contributed by atoms with Gasteiger partial charge in [-0.15, -0.1) is 0 Å². The van der Waals surface area contributed by atoms with Crippen molar-refractivity contribution in [3.8, 4) is 11.5 Å². The standard InChI is InChI=1S/C20H17BrClNO4S/c1-3-26-16-8-13(9-18-19(24)23(2)20(25)28-18)14(21)10-17(16)27-11-12-6-4-5-7-15(12)22/h4-10H,3,11H2,1-2H3/b18-9-. The molecule has 0 N–H and O–H groups in total. The topological polar surface area (TPSA) is 55.8 Å². The largest absolute Gasteiger partial charge is 0.490 e. The van der Waals surface area contributed by atoms with Crippen molar-refractivity contribution in [2.75, 3.05) is 13.7 Å². The van der Waals surface area contributed by atoms with Gasteiger partial charge in [0, 0.05) is 22.1 Å². The molecular formula is C20H17BrClNO4S. The van der Waals surface area contributed by atoms with Gasteiger partial charge in [0.15, 0.2) is 11.5 Å². The summed E-state index contributed by atoms with van der Waals surface area (Å²) in [5, 5.41) is 0.337. The van der Waals surface area contributed by atoms with Crippen LogP contribution in [0.2, 0.25) is 5.02 Å². The van der Waals surface area contributed by atoms with Gasteiger partial charge in [-0.1, -0.05) is 45.7 Å². The number of hydrogen-bond acceptors (Lipinski definition) is 5. The minimum absolute atomic E-state index is 0.292. The van der Waals surface area contributed by atoms with E-state index < -0.39 is 0 Å². The van der Waals surface area contributed by atoms with Crippen molar-refractivity contribution < 1.29 is 19.1 Å². The number of thioether (sulfide) groups is 1. The van der Waals surface area contributed by atoms with Gasteiger partial charge < -0.3 is 9.47 Å². The Morgan fingerprint density at radius 2 is 1.89 bits per heavy atom. The van der Waals surface area contributed by atoms with Crippen molar-refractivity contribution in [1.82, 2.24) is 4.90 Å². The van der Waals surface area contributed by atoms with Gasteiger partial charge in [0.1, 0.15) is 6.61 Å². The van der Waals surface area contributed by atoms with E-state index >= 15 is 0 Å². The SMILES string of the molecule is CCOc1cc(/C=C2\SC(=O)N(C)C2=O)c(Br)cc1OCc1ccccc1Cl. The van der Waals surface area contributed by atoms with Crippen molar-refractivity contribution in [3.63, 3.8) is 0 Å². The highest BCUT2D eigenvalue weighted by Crippen LogP contribution is 2.38. The third-order valence-electron chi connectivity index (χ3n) is 3.98. The molecule has 0 saturated carbocycles. The molecule has 146 valence electrons. The molecule has 1 aliphatic rings. The Bertz CT molecular complexity index is 963. The van der Waals surface area contributed by atoms with Crippen molar-refractivity contribution in [2.45, 2.75) is 13.5 Å². The molecule has 3 rings (SSSR count). The molecule has 0 radical (unpaired) electrons. The van der Waals surface area contributed by atoms with Gasteiger partial charge in [0.25, 0.3) is 11.1 Å². The Labute approximate surface area is 180 Å². The van der Waals surface area contributed by atoms with E-state index in [4.69, 9.17) is 21.1 Å². The molecule has 8 heteroatoms. The van der Waals surface area contributed by atoms with Gasteiger partial charge >= 0.3 is 0 Å². The summed E-state index contributed by atoms with van der Waals surface area (Å²) >= 11 is 10.6. The highest BCUT2D eigenvalue weighted by atomic mass is 79.9. The van der Waals surface area contributed by atoms with Gasteiger partial charge in [0.05, 0.1) is 11.5 Å². The summed E-state index contributed by atoms with van der Waals surface area (Å²) in [6, 6.07) is 11.0. The van der Waals surface area contributed by atoms with E-state index in [0.717, 1.165) is 22.2 Å². The van der Waals surface area contributed by atoms with Crippen LogP contribution in [0.4, 0.5) is 4.79 Å². The molecule has 0 bridgehead atoms. The molecule has 28 heavy (non-hydrogen) atoms. The lowest BCUT2D eigenvalue weighted by atomic mass is 10.1. The first-order valence-corrected chi connectivity index (χ1v) is 10.4. The Morgan fingerprint density at radius 1 is 1.18 bits per heavy atom. The predicted octanol–water partition coefficient (Wildman–Crippen LogP) is 5.75. The summed E-state index contributed by atoms with van der Waals surface area (Å²) in [5.74, 6) is 0.771. The fraction of sp³-hybridized carbons (Fsp3) is 0.200. The van der Waals surface area contributed by atoms with Crippen LogP contribution in [-0.4, -0.2) is 29.7 Å². The zero-order chi connectivity index (χ0) is 20.3. The number of imide groups is 1. The number of halogens is 2. The number of benzene rings is 2. The monoisotopic (exact) mass is 481 g/mol. The zero-order valence-corrected chi connectivity index (χ0v) is 18.4. The van der Waals surface area contributed by atoms with Gasteiger partial charge in [-0.25, -0.2) is 0 Å². The van der Waals surface area contributed by atoms with E-state index in [1.165, 1.54) is 7.05 Å². The van der Waals surface area contributed by atoms with Crippen LogP contribution in [0.25, 0.3) is 6.08 Å². The van der Waals surface area contributed by atoms with Crippen LogP contribution in [0.1, 0.15) is 18.1 Å². The summed E-state index contributed by atoms with van der Waals surface area (Å²) in [7, 11) is 1.46. The van der Waals surface area contributed by atoms with E-state index in [1.54, 1.807) is 18.2 Å². The van der Waals surface area contributed by atoms with Crippen molar-refractivity contribution in [2.24, 2.45) is 0 Å². The third-order valence-corrected chi connectivity index (χ3v) is 5.99. The predicted molar refractivity (Wildman–Crippen MR) is 115 cm³/mol. The molecule has 0 atom stereocenters. The number of amides is 2. The maximum atomic E-state index is 12.1. The van der Waals surface area contributed by atoms with Crippen LogP contribution in [0.5, 0.6) is 11.5 Å². The second kappa shape index (κ2) is 9.03. The highest BCUT2D eigenvalue weighted by molar-refractivity contribution is 9.10. The van der Waals surface area contributed by atoms with Crippen molar-refractivity contribution in [3.05, 3.63) is 61.9 Å². The summed E-state index contributed by atoms with van der Waals surface area (Å²) in [5.41, 5.74) is 1.58. The fourth-order valence-corrected chi connectivity index (χ4v) is 3.95. The normalized spacial score (nSPS) is 15.4. The molecular weight excluding hydrogens is 466 g/mol. The maximum absolute atomic E-state index is 12.1. The van der Waals surface area contributed by atoms with E-state index in [0.29, 0.717) is 44.7 Å². The first-order valence-electron chi connectivity index (χ1n) is 8.44. The summed E-state index contributed by atoms with van der Waals surface area (Å²) in [4.78, 5) is 25.3. The molecule has 2 amide bonds. The van der Waals surface area contributed by atoms with E-state index in [2.05, 4.69) is 15.9 Å².